The van der Waals surface area contributed by atoms with Gasteiger partial charge in [0.1, 0.15) is 12.4 Å². The third-order valence-electron chi connectivity index (χ3n) is 2.91. The van der Waals surface area contributed by atoms with Crippen molar-refractivity contribution in [3.63, 3.8) is 0 Å². The van der Waals surface area contributed by atoms with Crippen LogP contribution in [-0.2, 0) is 4.84 Å². The van der Waals surface area contributed by atoms with Crippen molar-refractivity contribution in [1.29, 1.82) is 0 Å². The number of nitrogens with zero attached hydrogens (tertiary/aromatic N) is 1. The molecule has 1 heterocycles. The second kappa shape index (κ2) is 5.01. The average molecular weight is 219 g/mol. The van der Waals surface area contributed by atoms with Crippen LogP contribution in [0.3, 0.4) is 0 Å². The summed E-state index contributed by atoms with van der Waals surface area (Å²) < 4.78 is 5.65. The first-order valence-corrected chi connectivity index (χ1v) is 5.71. The van der Waals surface area contributed by atoms with Crippen molar-refractivity contribution >= 4 is 5.71 Å². The van der Waals surface area contributed by atoms with Gasteiger partial charge in [0.15, 0.2) is 6.10 Å². The Hall–Kier alpha value is -1.51. The molecule has 0 saturated carbocycles. The van der Waals surface area contributed by atoms with Crippen molar-refractivity contribution in [3.05, 3.63) is 30.3 Å². The minimum atomic E-state index is 0.0511. The fourth-order valence-electron chi connectivity index (χ4n) is 1.78. The van der Waals surface area contributed by atoms with Crippen molar-refractivity contribution < 1.29 is 9.57 Å². The molecule has 2 atom stereocenters. The van der Waals surface area contributed by atoms with Crippen LogP contribution in [0.25, 0.3) is 0 Å². The number of rotatable bonds is 4. The molecule has 0 saturated heterocycles. The van der Waals surface area contributed by atoms with Crippen LogP contribution < -0.4 is 4.74 Å². The maximum atomic E-state index is 5.65. The van der Waals surface area contributed by atoms with E-state index in [0.717, 1.165) is 17.9 Å². The highest BCUT2D eigenvalue weighted by molar-refractivity contribution is 5.87. The van der Waals surface area contributed by atoms with Crippen LogP contribution in [0.2, 0.25) is 0 Å². The van der Waals surface area contributed by atoms with E-state index in [1.165, 1.54) is 0 Å². The van der Waals surface area contributed by atoms with Gasteiger partial charge in [-0.3, -0.25) is 0 Å². The van der Waals surface area contributed by atoms with E-state index in [0.29, 0.717) is 12.5 Å². The Morgan fingerprint density at radius 1 is 1.31 bits per heavy atom. The molecule has 0 spiro atoms. The van der Waals surface area contributed by atoms with Gasteiger partial charge in [-0.25, -0.2) is 0 Å². The fourth-order valence-corrected chi connectivity index (χ4v) is 1.78. The summed E-state index contributed by atoms with van der Waals surface area (Å²) in [6, 6.07) is 9.78. The van der Waals surface area contributed by atoms with Gasteiger partial charge < -0.3 is 9.57 Å². The lowest BCUT2D eigenvalue weighted by atomic mass is 9.99. The van der Waals surface area contributed by atoms with Crippen LogP contribution >= 0.6 is 0 Å². The van der Waals surface area contributed by atoms with Gasteiger partial charge in [-0.1, -0.05) is 37.2 Å². The predicted molar refractivity (Wildman–Crippen MR) is 63.7 cm³/mol. The lowest BCUT2D eigenvalue weighted by Crippen LogP contribution is -2.26. The highest BCUT2D eigenvalue weighted by atomic mass is 16.7. The number of oxime groups is 1. The zero-order valence-electron chi connectivity index (χ0n) is 9.72. The molecule has 3 heteroatoms. The first-order valence-electron chi connectivity index (χ1n) is 5.71. The Morgan fingerprint density at radius 3 is 2.69 bits per heavy atom. The molecule has 1 aliphatic heterocycles. The van der Waals surface area contributed by atoms with Gasteiger partial charge in [-0.15, -0.1) is 0 Å². The molecule has 16 heavy (non-hydrogen) atoms. The molecule has 0 aliphatic carbocycles. The van der Waals surface area contributed by atoms with Crippen LogP contribution in [0.4, 0.5) is 0 Å². The van der Waals surface area contributed by atoms with Gasteiger partial charge in [-0.05, 0) is 18.6 Å². The van der Waals surface area contributed by atoms with Crippen LogP contribution in [0.1, 0.15) is 20.3 Å². The zero-order chi connectivity index (χ0) is 11.4. The first-order chi connectivity index (χ1) is 7.81. The molecule has 0 fully saturated rings. The lowest BCUT2D eigenvalue weighted by Gasteiger charge is -2.15. The minimum absolute atomic E-state index is 0.0511. The molecule has 0 aromatic heterocycles. The molecule has 86 valence electrons. The Bertz CT molecular complexity index is 361. The molecule has 0 amide bonds. The van der Waals surface area contributed by atoms with Gasteiger partial charge in [0.05, 0.1) is 5.71 Å². The molecular weight excluding hydrogens is 202 g/mol. The zero-order valence-corrected chi connectivity index (χ0v) is 9.72. The molecule has 2 rings (SSSR count). The second-order valence-electron chi connectivity index (χ2n) is 3.99. The van der Waals surface area contributed by atoms with Gasteiger partial charge in [0, 0.05) is 5.92 Å². The molecule has 0 bridgehead atoms. The Morgan fingerprint density at radius 2 is 2.06 bits per heavy atom. The molecule has 0 radical (unpaired) electrons. The van der Waals surface area contributed by atoms with Crippen LogP contribution in [0.15, 0.2) is 35.5 Å². The van der Waals surface area contributed by atoms with E-state index in [2.05, 4.69) is 19.0 Å². The molecule has 0 N–H and O–H groups in total. The quantitative estimate of drug-likeness (QED) is 0.779. The van der Waals surface area contributed by atoms with Crippen molar-refractivity contribution in [2.24, 2.45) is 11.1 Å². The summed E-state index contributed by atoms with van der Waals surface area (Å²) in [5.74, 6) is 1.23. The van der Waals surface area contributed by atoms with E-state index >= 15 is 0 Å². The summed E-state index contributed by atoms with van der Waals surface area (Å²) >= 11 is 0. The van der Waals surface area contributed by atoms with Crippen LogP contribution in [-0.4, -0.2) is 18.4 Å². The maximum absolute atomic E-state index is 5.65. The summed E-state index contributed by atoms with van der Waals surface area (Å²) in [5.41, 5.74) is 1.13. The maximum Gasteiger partial charge on any atom is 0.169 e. The number of hydrogen-bond donors (Lipinski definition) is 0. The number of benzene rings is 1. The van der Waals surface area contributed by atoms with Gasteiger partial charge >= 0.3 is 0 Å². The molecule has 3 nitrogen and oxygen atoms in total. The highest BCUT2D eigenvalue weighted by Gasteiger charge is 2.29. The summed E-state index contributed by atoms with van der Waals surface area (Å²) in [7, 11) is 0. The van der Waals surface area contributed by atoms with E-state index in [4.69, 9.17) is 9.57 Å². The van der Waals surface area contributed by atoms with Crippen molar-refractivity contribution in [2.75, 3.05) is 6.61 Å². The Kier molecular flexibility index (Phi) is 3.44. The SMILES string of the molecule is CCC1=NOC(COc2ccccc2)C1C. The smallest absolute Gasteiger partial charge is 0.169 e. The number of hydrogen-bond acceptors (Lipinski definition) is 3. The molecule has 1 aliphatic rings. The van der Waals surface area contributed by atoms with Crippen molar-refractivity contribution in [3.8, 4) is 5.75 Å². The summed E-state index contributed by atoms with van der Waals surface area (Å²) in [6.07, 6.45) is 0.998. The summed E-state index contributed by atoms with van der Waals surface area (Å²) in [6.45, 7) is 4.78. The topological polar surface area (TPSA) is 30.8 Å². The summed E-state index contributed by atoms with van der Waals surface area (Å²) in [5, 5.41) is 4.07. The second-order valence-corrected chi connectivity index (χ2v) is 3.99. The third-order valence-corrected chi connectivity index (χ3v) is 2.91. The van der Waals surface area contributed by atoms with Crippen molar-refractivity contribution in [2.45, 2.75) is 26.4 Å². The van der Waals surface area contributed by atoms with E-state index in [9.17, 15) is 0 Å². The monoisotopic (exact) mass is 219 g/mol. The number of ether oxygens (including phenoxy) is 1. The highest BCUT2D eigenvalue weighted by Crippen LogP contribution is 2.21. The molecule has 1 aromatic rings. The lowest BCUT2D eigenvalue weighted by molar-refractivity contribution is 0.0289. The van der Waals surface area contributed by atoms with E-state index in [1.807, 2.05) is 30.3 Å². The van der Waals surface area contributed by atoms with Crippen LogP contribution in [0, 0.1) is 5.92 Å². The van der Waals surface area contributed by atoms with Gasteiger partial charge in [-0.2, -0.15) is 0 Å². The third kappa shape index (κ3) is 2.35. The normalized spacial score (nSPS) is 23.8. The molecule has 1 aromatic carbocycles. The van der Waals surface area contributed by atoms with E-state index < -0.39 is 0 Å². The standard InChI is InChI=1S/C13H17NO2/c1-3-12-10(2)13(16-14-12)9-15-11-7-5-4-6-8-11/h4-8,10,13H,3,9H2,1-2H3. The van der Waals surface area contributed by atoms with Crippen molar-refractivity contribution in [1.82, 2.24) is 0 Å². The molecular formula is C13H17NO2. The fraction of sp³-hybridized carbons (Fsp3) is 0.462. The van der Waals surface area contributed by atoms with E-state index in [-0.39, 0.29) is 6.10 Å². The predicted octanol–water partition coefficient (Wildman–Crippen LogP) is 2.87. The Balaban J connectivity index is 1.85. The largest absolute Gasteiger partial charge is 0.490 e. The molecule has 2 unspecified atom stereocenters. The minimum Gasteiger partial charge on any atom is -0.490 e. The van der Waals surface area contributed by atoms with Gasteiger partial charge in [0.2, 0.25) is 0 Å². The van der Waals surface area contributed by atoms with Crippen LogP contribution in [0.5, 0.6) is 5.75 Å². The average Bonchev–Trinajstić information content (AvgIpc) is 2.69. The Labute approximate surface area is 96.1 Å². The van der Waals surface area contributed by atoms with E-state index in [1.54, 1.807) is 0 Å². The summed E-state index contributed by atoms with van der Waals surface area (Å²) in [4.78, 5) is 5.35. The van der Waals surface area contributed by atoms with Gasteiger partial charge in [0.25, 0.3) is 0 Å². The first kappa shape index (κ1) is 11.0. The number of para-hydroxylation sites is 1.